The van der Waals surface area contributed by atoms with Gasteiger partial charge in [-0.2, -0.15) is 0 Å². The Morgan fingerprint density at radius 2 is 1.24 bits per heavy atom. The average molecular weight is 319 g/mol. The lowest BCUT2D eigenvalue weighted by Crippen LogP contribution is -2.10. The van der Waals surface area contributed by atoms with E-state index in [1.807, 2.05) is 30.3 Å². The van der Waals surface area contributed by atoms with Crippen LogP contribution in [0, 0.1) is 0 Å². The highest BCUT2D eigenvalue weighted by Crippen LogP contribution is 2.40. The van der Waals surface area contributed by atoms with Crippen LogP contribution >= 0.6 is 46.4 Å². The van der Waals surface area contributed by atoms with Crippen molar-refractivity contribution in [3.8, 4) is 11.1 Å². The maximum absolute atomic E-state index is 6.20. The molecule has 3 radical (unpaired) electrons. The van der Waals surface area contributed by atoms with E-state index in [9.17, 15) is 0 Å². The van der Waals surface area contributed by atoms with E-state index in [0.717, 1.165) is 11.1 Å². The monoisotopic (exact) mass is 317 g/mol. The third kappa shape index (κ3) is 2.35. The van der Waals surface area contributed by atoms with Crippen molar-refractivity contribution in [2.45, 2.75) is 0 Å². The van der Waals surface area contributed by atoms with Crippen molar-refractivity contribution in [3.63, 3.8) is 0 Å². The summed E-state index contributed by atoms with van der Waals surface area (Å²) in [5.41, 5.74) is 1.66. The molecular weight excluding hydrogens is 314 g/mol. The van der Waals surface area contributed by atoms with E-state index in [0.29, 0.717) is 15.2 Å². The second-order valence-corrected chi connectivity index (χ2v) is 5.38. The minimum absolute atomic E-state index is 0.253. The van der Waals surface area contributed by atoms with Crippen LogP contribution in [0.5, 0.6) is 0 Å². The van der Waals surface area contributed by atoms with Gasteiger partial charge in [0.1, 0.15) is 0 Å². The number of hydrogen-bond donors (Lipinski definition) is 0. The fourth-order valence-corrected chi connectivity index (χ4v) is 3.02. The Hall–Kier alpha value is -0.183. The van der Waals surface area contributed by atoms with E-state index in [1.165, 1.54) is 0 Å². The molecule has 2 rings (SSSR count). The summed E-state index contributed by atoms with van der Waals surface area (Å²) in [4.78, 5) is 0. The predicted molar refractivity (Wildman–Crippen MR) is 77.3 cm³/mol. The third-order valence-electron chi connectivity index (χ3n) is 2.33. The SMILES string of the molecule is [Si]c1c(Cl)c(Cl)c(Cl)c(Cl)c1-c1ccccc1. The zero-order valence-electron chi connectivity index (χ0n) is 8.40. The molecule has 5 heteroatoms. The molecule has 85 valence electrons. The molecule has 0 saturated heterocycles. The quantitative estimate of drug-likeness (QED) is 0.404. The molecule has 0 saturated carbocycles. The fraction of sp³-hybridized carbons (Fsp3) is 0. The lowest BCUT2D eigenvalue weighted by atomic mass is 10.1. The molecule has 0 atom stereocenters. The lowest BCUT2D eigenvalue weighted by molar-refractivity contribution is 1.64. The summed E-state index contributed by atoms with van der Waals surface area (Å²) in [5, 5.41) is 1.90. The van der Waals surface area contributed by atoms with Crippen LogP contribution in [0.3, 0.4) is 0 Å². The van der Waals surface area contributed by atoms with Crippen molar-refractivity contribution < 1.29 is 0 Å². The number of hydrogen-bond acceptors (Lipinski definition) is 0. The Kier molecular flexibility index (Phi) is 4.06. The molecule has 0 amide bonds. The molecule has 0 aliphatic carbocycles. The first-order chi connectivity index (χ1) is 8.04. The van der Waals surface area contributed by atoms with Crippen LogP contribution in [0.4, 0.5) is 0 Å². The van der Waals surface area contributed by atoms with Crippen LogP contribution in [0.1, 0.15) is 0 Å². The van der Waals surface area contributed by atoms with E-state index in [-0.39, 0.29) is 10.0 Å². The lowest BCUT2D eigenvalue weighted by Gasteiger charge is -2.13. The molecule has 0 nitrogen and oxygen atoms in total. The Balaban J connectivity index is 2.80. The summed E-state index contributed by atoms with van der Waals surface area (Å²) in [5.74, 6) is 0. The van der Waals surface area contributed by atoms with Crippen LogP contribution in [-0.4, -0.2) is 10.2 Å². The third-order valence-corrected chi connectivity index (χ3v) is 4.79. The molecule has 0 bridgehead atoms. The summed E-state index contributed by atoms with van der Waals surface area (Å²) in [6, 6.07) is 9.59. The maximum Gasteiger partial charge on any atom is 0.0799 e. The van der Waals surface area contributed by atoms with Crippen molar-refractivity contribution in [2.75, 3.05) is 0 Å². The van der Waals surface area contributed by atoms with Crippen LogP contribution in [0.2, 0.25) is 20.1 Å². The molecule has 0 aliphatic rings. The molecular formula is C12H5Cl4Si. The molecule has 0 fully saturated rings. The molecule has 0 spiro atoms. The first kappa shape index (κ1) is 13.3. The molecule has 0 aliphatic heterocycles. The highest BCUT2D eigenvalue weighted by atomic mass is 35.5. The van der Waals surface area contributed by atoms with Gasteiger partial charge in [0.05, 0.1) is 30.3 Å². The smallest absolute Gasteiger partial charge is 0.0799 e. The van der Waals surface area contributed by atoms with Crippen LogP contribution in [0.25, 0.3) is 11.1 Å². The van der Waals surface area contributed by atoms with Gasteiger partial charge >= 0.3 is 0 Å². The second-order valence-electron chi connectivity index (χ2n) is 3.37. The van der Waals surface area contributed by atoms with E-state index in [4.69, 9.17) is 46.4 Å². The van der Waals surface area contributed by atoms with Gasteiger partial charge in [-0.1, -0.05) is 76.7 Å². The molecule has 0 unspecified atom stereocenters. The van der Waals surface area contributed by atoms with Crippen molar-refractivity contribution in [2.24, 2.45) is 0 Å². The highest BCUT2D eigenvalue weighted by molar-refractivity contribution is 6.58. The minimum Gasteiger partial charge on any atom is -0.0828 e. The first-order valence-corrected chi connectivity index (χ1v) is 6.68. The predicted octanol–water partition coefficient (Wildman–Crippen LogP) is 4.76. The average Bonchev–Trinajstić information content (AvgIpc) is 2.36. The second kappa shape index (κ2) is 5.21. The molecule has 2 aromatic rings. The van der Waals surface area contributed by atoms with Crippen molar-refractivity contribution in [1.29, 1.82) is 0 Å². The zero-order valence-corrected chi connectivity index (χ0v) is 12.4. The van der Waals surface area contributed by atoms with E-state index in [2.05, 4.69) is 10.2 Å². The van der Waals surface area contributed by atoms with Gasteiger partial charge in [0.2, 0.25) is 0 Å². The van der Waals surface area contributed by atoms with E-state index < -0.39 is 0 Å². The zero-order chi connectivity index (χ0) is 12.6. The molecule has 0 aromatic heterocycles. The van der Waals surface area contributed by atoms with Gasteiger partial charge in [-0.05, 0) is 10.8 Å². The van der Waals surface area contributed by atoms with Crippen LogP contribution in [-0.2, 0) is 0 Å². The Morgan fingerprint density at radius 1 is 0.706 bits per heavy atom. The Labute approximate surface area is 123 Å². The van der Waals surface area contributed by atoms with E-state index >= 15 is 0 Å². The summed E-state index contributed by atoms with van der Waals surface area (Å²) < 4.78 is 0. The summed E-state index contributed by atoms with van der Waals surface area (Å²) in [6.45, 7) is 0. The number of benzene rings is 2. The van der Waals surface area contributed by atoms with Gasteiger partial charge in [-0.25, -0.2) is 0 Å². The molecule has 17 heavy (non-hydrogen) atoms. The van der Waals surface area contributed by atoms with Crippen molar-refractivity contribution >= 4 is 61.8 Å². The van der Waals surface area contributed by atoms with Gasteiger partial charge in [-0.3, -0.25) is 0 Å². The largest absolute Gasteiger partial charge is 0.0828 e. The van der Waals surface area contributed by atoms with Gasteiger partial charge in [0.15, 0.2) is 0 Å². The molecule has 0 N–H and O–H groups in total. The molecule has 2 aromatic carbocycles. The van der Waals surface area contributed by atoms with Crippen molar-refractivity contribution in [3.05, 3.63) is 50.4 Å². The number of halogens is 4. The molecule has 0 heterocycles. The van der Waals surface area contributed by atoms with Gasteiger partial charge in [-0.15, -0.1) is 0 Å². The maximum atomic E-state index is 6.20. The van der Waals surface area contributed by atoms with E-state index in [1.54, 1.807) is 0 Å². The minimum atomic E-state index is 0.253. The van der Waals surface area contributed by atoms with Gasteiger partial charge < -0.3 is 0 Å². The summed E-state index contributed by atoms with van der Waals surface area (Å²) in [6.07, 6.45) is 0. The topological polar surface area (TPSA) is 0 Å². The van der Waals surface area contributed by atoms with Crippen LogP contribution in [0.15, 0.2) is 30.3 Å². The first-order valence-electron chi connectivity index (χ1n) is 4.67. The highest BCUT2D eigenvalue weighted by Gasteiger charge is 2.18. The Bertz CT molecular complexity index is 537. The standard InChI is InChI=1S/C12H5Cl4Si/c13-8-7(6-4-2-1-3-5-6)12(17)11(16)10(15)9(8)14/h1-5H. The van der Waals surface area contributed by atoms with Crippen molar-refractivity contribution in [1.82, 2.24) is 0 Å². The Morgan fingerprint density at radius 3 is 1.82 bits per heavy atom. The summed E-state index contributed by atoms with van der Waals surface area (Å²) >= 11 is 24.3. The normalized spacial score (nSPS) is 10.6. The summed E-state index contributed by atoms with van der Waals surface area (Å²) in [7, 11) is 3.45. The number of rotatable bonds is 1. The van der Waals surface area contributed by atoms with Gasteiger partial charge in [0.25, 0.3) is 0 Å². The van der Waals surface area contributed by atoms with Crippen LogP contribution < -0.4 is 5.19 Å². The fourth-order valence-electron chi connectivity index (χ4n) is 1.51. The van der Waals surface area contributed by atoms with Gasteiger partial charge in [0, 0.05) is 5.56 Å².